The summed E-state index contributed by atoms with van der Waals surface area (Å²) in [5.74, 6) is 0.874. The van der Waals surface area contributed by atoms with Gasteiger partial charge in [0.1, 0.15) is 11.5 Å². The number of rotatable bonds is 17. The summed E-state index contributed by atoms with van der Waals surface area (Å²) in [7, 11) is 0. The minimum absolute atomic E-state index is 0.209. The number of ether oxygens (including phenoxy) is 4. The molecule has 1 aromatic rings. The average Bonchev–Trinajstić information content (AvgIpc) is 3.09. The zero-order chi connectivity index (χ0) is 21.5. The molecule has 0 amide bonds. The molecule has 0 saturated heterocycles. The molecular weight excluding hydrogens is 374 g/mol. The molecule has 0 unspecified atom stereocenters. The van der Waals surface area contributed by atoms with Crippen molar-refractivity contribution >= 4 is 5.78 Å². The zero-order valence-corrected chi connectivity index (χ0v) is 18.8. The van der Waals surface area contributed by atoms with E-state index in [0.29, 0.717) is 65.1 Å². The maximum absolute atomic E-state index is 11.8. The van der Waals surface area contributed by atoms with Gasteiger partial charge in [0.25, 0.3) is 0 Å². The molecular formula is C21H39N3O5. The van der Waals surface area contributed by atoms with Crippen LogP contribution in [0.5, 0.6) is 0 Å². The molecule has 0 aromatic carbocycles. The van der Waals surface area contributed by atoms with Gasteiger partial charge in [-0.15, -0.1) is 5.10 Å². The number of nitrogens with zero attached hydrogens (tertiary/aromatic N) is 3. The van der Waals surface area contributed by atoms with Crippen LogP contribution in [0.3, 0.4) is 0 Å². The Labute approximate surface area is 175 Å². The van der Waals surface area contributed by atoms with E-state index in [1.807, 2.05) is 27.0 Å². The van der Waals surface area contributed by atoms with E-state index in [9.17, 15) is 4.79 Å². The highest BCUT2D eigenvalue weighted by atomic mass is 16.5. The summed E-state index contributed by atoms with van der Waals surface area (Å²) < 4.78 is 23.7. The number of ketones is 1. The van der Waals surface area contributed by atoms with Crippen LogP contribution in [0, 0.1) is 11.3 Å². The molecule has 8 heteroatoms. The fourth-order valence-electron chi connectivity index (χ4n) is 2.25. The summed E-state index contributed by atoms with van der Waals surface area (Å²) in [6, 6.07) is 0. The van der Waals surface area contributed by atoms with Crippen molar-refractivity contribution in [1.29, 1.82) is 0 Å². The van der Waals surface area contributed by atoms with Gasteiger partial charge in [0.2, 0.25) is 0 Å². The highest BCUT2D eigenvalue weighted by Crippen LogP contribution is 2.16. The van der Waals surface area contributed by atoms with Crippen LogP contribution in [0.15, 0.2) is 6.20 Å². The second-order valence-electron chi connectivity index (χ2n) is 8.47. The lowest BCUT2D eigenvalue weighted by Gasteiger charge is -2.16. The molecule has 0 radical (unpaired) electrons. The fraction of sp³-hybridized carbons (Fsp3) is 0.857. The third-order valence-electron chi connectivity index (χ3n) is 4.19. The van der Waals surface area contributed by atoms with E-state index in [1.165, 1.54) is 0 Å². The summed E-state index contributed by atoms with van der Waals surface area (Å²) in [6.45, 7) is 15.1. The first-order chi connectivity index (χ1) is 13.8. The molecule has 0 bridgehead atoms. The van der Waals surface area contributed by atoms with Gasteiger partial charge in [0, 0.05) is 18.4 Å². The van der Waals surface area contributed by atoms with Gasteiger partial charge < -0.3 is 18.9 Å². The van der Waals surface area contributed by atoms with Crippen molar-refractivity contribution in [2.45, 2.75) is 60.6 Å². The maximum atomic E-state index is 11.8. The summed E-state index contributed by atoms with van der Waals surface area (Å²) in [5, 5.41) is 8.12. The second kappa shape index (κ2) is 14.6. The van der Waals surface area contributed by atoms with Crippen molar-refractivity contribution in [2.75, 3.05) is 46.2 Å². The van der Waals surface area contributed by atoms with Crippen LogP contribution in [0.1, 0.15) is 53.2 Å². The van der Waals surface area contributed by atoms with Crippen molar-refractivity contribution < 1.29 is 23.7 Å². The highest BCUT2D eigenvalue weighted by molar-refractivity contribution is 5.83. The van der Waals surface area contributed by atoms with Crippen LogP contribution in [0.2, 0.25) is 0 Å². The third kappa shape index (κ3) is 13.5. The third-order valence-corrected chi connectivity index (χ3v) is 4.19. The average molecular weight is 414 g/mol. The van der Waals surface area contributed by atoms with Crippen LogP contribution < -0.4 is 0 Å². The Bertz CT molecular complexity index is 555. The molecule has 0 fully saturated rings. The van der Waals surface area contributed by atoms with Crippen LogP contribution in [-0.4, -0.2) is 67.0 Å². The van der Waals surface area contributed by atoms with Gasteiger partial charge in [-0.3, -0.25) is 4.79 Å². The van der Waals surface area contributed by atoms with E-state index in [-0.39, 0.29) is 11.2 Å². The van der Waals surface area contributed by atoms with Gasteiger partial charge in [0.15, 0.2) is 0 Å². The van der Waals surface area contributed by atoms with E-state index in [4.69, 9.17) is 18.9 Å². The Morgan fingerprint density at radius 2 is 1.59 bits per heavy atom. The zero-order valence-electron chi connectivity index (χ0n) is 18.8. The molecule has 8 nitrogen and oxygen atoms in total. The monoisotopic (exact) mass is 413 g/mol. The molecule has 0 N–H and O–H groups in total. The SMILES string of the molecule is CC(C)CCOCCOCCOCc1cn(CCOCCC(=O)C(C)(C)C)nn1. The van der Waals surface area contributed by atoms with Crippen LogP contribution >= 0.6 is 0 Å². The Morgan fingerprint density at radius 3 is 2.24 bits per heavy atom. The van der Waals surface area contributed by atoms with E-state index in [1.54, 1.807) is 4.68 Å². The predicted octanol–water partition coefficient (Wildman–Crippen LogP) is 2.90. The van der Waals surface area contributed by atoms with Gasteiger partial charge in [-0.2, -0.15) is 0 Å². The van der Waals surface area contributed by atoms with Crippen LogP contribution in [0.25, 0.3) is 0 Å². The molecule has 0 aliphatic carbocycles. The van der Waals surface area contributed by atoms with E-state index in [2.05, 4.69) is 24.2 Å². The fourth-order valence-corrected chi connectivity index (χ4v) is 2.25. The quantitative estimate of drug-likeness (QED) is 0.363. The lowest BCUT2D eigenvalue weighted by Crippen LogP contribution is -2.21. The number of carbonyl (C=O) groups excluding carboxylic acids is 1. The summed E-state index contributed by atoms with van der Waals surface area (Å²) in [4.78, 5) is 11.8. The molecule has 29 heavy (non-hydrogen) atoms. The molecule has 0 aliphatic rings. The first-order valence-electron chi connectivity index (χ1n) is 10.5. The molecule has 0 atom stereocenters. The molecule has 1 heterocycles. The second-order valence-corrected chi connectivity index (χ2v) is 8.47. The summed E-state index contributed by atoms with van der Waals surface area (Å²) in [5.41, 5.74) is 0.459. The molecule has 0 saturated carbocycles. The molecule has 1 rings (SSSR count). The predicted molar refractivity (Wildman–Crippen MR) is 111 cm³/mol. The van der Waals surface area contributed by atoms with Crippen molar-refractivity contribution in [3.8, 4) is 0 Å². The lowest BCUT2D eigenvalue weighted by atomic mass is 9.89. The number of aromatic nitrogens is 3. The van der Waals surface area contributed by atoms with Crippen molar-refractivity contribution in [2.24, 2.45) is 11.3 Å². The standard InChI is InChI=1S/C21H39N3O5/c1-18(2)6-9-27-12-13-28-14-15-29-17-19-16-24(23-22-19)8-11-26-10-7-20(25)21(3,4)5/h16,18H,6-15,17H2,1-5H3. The van der Waals surface area contributed by atoms with Crippen LogP contribution in [-0.2, 0) is 36.9 Å². The van der Waals surface area contributed by atoms with E-state index in [0.717, 1.165) is 18.7 Å². The molecule has 0 aliphatic heterocycles. The van der Waals surface area contributed by atoms with Crippen molar-refractivity contribution in [1.82, 2.24) is 15.0 Å². The smallest absolute Gasteiger partial charge is 0.140 e. The summed E-state index contributed by atoms with van der Waals surface area (Å²) in [6.07, 6.45) is 3.35. The highest BCUT2D eigenvalue weighted by Gasteiger charge is 2.20. The van der Waals surface area contributed by atoms with Crippen molar-refractivity contribution in [3.63, 3.8) is 0 Å². The minimum Gasteiger partial charge on any atom is -0.379 e. The van der Waals surface area contributed by atoms with Gasteiger partial charge >= 0.3 is 0 Å². The largest absolute Gasteiger partial charge is 0.379 e. The van der Waals surface area contributed by atoms with E-state index < -0.39 is 0 Å². The summed E-state index contributed by atoms with van der Waals surface area (Å²) >= 11 is 0. The van der Waals surface area contributed by atoms with Crippen molar-refractivity contribution in [3.05, 3.63) is 11.9 Å². The number of hydrogen-bond acceptors (Lipinski definition) is 7. The maximum Gasteiger partial charge on any atom is 0.140 e. The molecule has 1 aromatic heterocycles. The van der Waals surface area contributed by atoms with Gasteiger partial charge in [-0.1, -0.05) is 39.8 Å². The minimum atomic E-state index is -0.309. The Hall–Kier alpha value is -1.35. The van der Waals surface area contributed by atoms with Gasteiger partial charge in [0.05, 0.1) is 59.0 Å². The van der Waals surface area contributed by atoms with Gasteiger partial charge in [-0.05, 0) is 12.3 Å². The van der Waals surface area contributed by atoms with Crippen LogP contribution in [0.4, 0.5) is 0 Å². The molecule has 0 spiro atoms. The number of carbonyl (C=O) groups is 1. The normalized spacial score (nSPS) is 12.1. The number of Topliss-reactive ketones (excluding diaryl/α,β-unsaturated/α-hetero) is 1. The number of hydrogen-bond donors (Lipinski definition) is 0. The first kappa shape index (κ1) is 25.7. The Balaban J connectivity index is 1.98. The van der Waals surface area contributed by atoms with Gasteiger partial charge in [-0.25, -0.2) is 4.68 Å². The topological polar surface area (TPSA) is 84.7 Å². The molecule has 168 valence electrons. The van der Waals surface area contributed by atoms with E-state index >= 15 is 0 Å². The Morgan fingerprint density at radius 1 is 0.966 bits per heavy atom. The Kier molecular flexibility index (Phi) is 12.9. The lowest BCUT2D eigenvalue weighted by molar-refractivity contribution is -0.127. The first-order valence-corrected chi connectivity index (χ1v) is 10.5.